The Morgan fingerprint density at radius 3 is 2.09 bits per heavy atom. The van der Waals surface area contributed by atoms with E-state index >= 15 is 0 Å². The van der Waals surface area contributed by atoms with Crippen molar-refractivity contribution in [3.63, 3.8) is 0 Å². The Kier molecular flexibility index (Phi) is 6.80. The lowest BCUT2D eigenvalue weighted by atomic mass is 10.0. The molecule has 5 rings (SSSR count). The van der Waals surface area contributed by atoms with Crippen LogP contribution in [0.4, 0.5) is 4.79 Å². The predicted octanol–water partition coefficient (Wildman–Crippen LogP) is 2.80. The van der Waals surface area contributed by atoms with Gasteiger partial charge in [-0.2, -0.15) is 4.31 Å². The summed E-state index contributed by atoms with van der Waals surface area (Å²) in [6.45, 7) is 4.24. The first-order chi connectivity index (χ1) is 16.9. The number of sulfonamides is 1. The summed E-state index contributed by atoms with van der Waals surface area (Å²) in [5, 5.41) is 0. The summed E-state index contributed by atoms with van der Waals surface area (Å²) in [6, 6.07) is 14.3. The molecule has 0 spiro atoms. The van der Waals surface area contributed by atoms with E-state index in [9.17, 15) is 18.0 Å². The molecular weight excluding hydrogens is 464 g/mol. The molecule has 2 fully saturated rings. The molecule has 3 aliphatic rings. The molecule has 0 radical (unpaired) electrons. The molecule has 0 aliphatic carbocycles. The number of hydrogen-bond acceptors (Lipinski definition) is 4. The van der Waals surface area contributed by atoms with Gasteiger partial charge in [-0.3, -0.25) is 4.79 Å². The number of urea groups is 1. The summed E-state index contributed by atoms with van der Waals surface area (Å²) in [7, 11) is -3.72. The fraction of sp³-hybridized carbons (Fsp3) is 0.462. The average Bonchev–Trinajstić information content (AvgIpc) is 2.92. The summed E-state index contributed by atoms with van der Waals surface area (Å²) in [5.74, 6) is -0.198. The molecule has 186 valence electrons. The molecule has 2 aromatic rings. The zero-order valence-electron chi connectivity index (χ0n) is 19.9. The van der Waals surface area contributed by atoms with Crippen molar-refractivity contribution in [1.82, 2.24) is 19.0 Å². The highest BCUT2D eigenvalue weighted by atomic mass is 32.2. The molecule has 0 unspecified atom stereocenters. The Balaban J connectivity index is 1.24. The first-order valence-electron chi connectivity index (χ1n) is 12.4. The third kappa shape index (κ3) is 4.92. The van der Waals surface area contributed by atoms with Crippen molar-refractivity contribution in [3.05, 3.63) is 65.2 Å². The van der Waals surface area contributed by atoms with Crippen molar-refractivity contribution in [2.24, 2.45) is 0 Å². The lowest BCUT2D eigenvalue weighted by Gasteiger charge is -2.38. The number of amides is 3. The van der Waals surface area contributed by atoms with Crippen LogP contribution in [0, 0.1) is 0 Å². The topological polar surface area (TPSA) is 81.2 Å². The molecule has 8 nitrogen and oxygen atoms in total. The molecule has 3 amide bonds. The van der Waals surface area contributed by atoms with Crippen LogP contribution in [0.3, 0.4) is 0 Å². The summed E-state index contributed by atoms with van der Waals surface area (Å²) >= 11 is 0. The standard InChI is InChI=1S/C26H32N4O4S/c31-25(27-15-17-29(18-16-27)26(32)28-12-4-1-5-13-28)22-9-6-10-24(19-22)35(33,34)30-14-11-21-7-2-3-8-23(21)20-30/h2-3,6-10,19H,1,4-5,11-18,20H2. The van der Waals surface area contributed by atoms with Crippen molar-refractivity contribution in [3.8, 4) is 0 Å². The minimum atomic E-state index is -3.72. The van der Waals surface area contributed by atoms with E-state index in [4.69, 9.17) is 0 Å². The monoisotopic (exact) mass is 496 g/mol. The van der Waals surface area contributed by atoms with E-state index in [0.717, 1.165) is 31.5 Å². The van der Waals surface area contributed by atoms with E-state index < -0.39 is 10.0 Å². The molecule has 3 heterocycles. The van der Waals surface area contributed by atoms with Crippen molar-refractivity contribution >= 4 is 22.0 Å². The van der Waals surface area contributed by atoms with Crippen LogP contribution in [0.5, 0.6) is 0 Å². The van der Waals surface area contributed by atoms with Crippen LogP contribution in [0.1, 0.15) is 40.7 Å². The maximum absolute atomic E-state index is 13.4. The van der Waals surface area contributed by atoms with Gasteiger partial charge in [0.05, 0.1) is 4.90 Å². The first kappa shape index (κ1) is 23.8. The Hall–Kier alpha value is -2.91. The Morgan fingerprint density at radius 1 is 0.686 bits per heavy atom. The SMILES string of the molecule is O=C(c1cccc(S(=O)(=O)N2CCc3ccccc3C2)c1)N1CCN(C(=O)N2CCCCC2)CC1. The Morgan fingerprint density at radius 2 is 1.34 bits per heavy atom. The number of benzene rings is 2. The third-order valence-corrected chi connectivity index (χ3v) is 9.12. The van der Waals surface area contributed by atoms with E-state index in [2.05, 4.69) is 0 Å². The third-order valence-electron chi connectivity index (χ3n) is 7.28. The molecule has 0 aromatic heterocycles. The first-order valence-corrected chi connectivity index (χ1v) is 13.9. The number of likely N-dealkylation sites (tertiary alicyclic amines) is 1. The van der Waals surface area contributed by atoms with E-state index in [1.54, 1.807) is 23.1 Å². The molecule has 2 aromatic carbocycles. The van der Waals surface area contributed by atoms with Gasteiger partial charge < -0.3 is 14.7 Å². The van der Waals surface area contributed by atoms with Crippen molar-refractivity contribution in [2.45, 2.75) is 37.1 Å². The fourth-order valence-electron chi connectivity index (χ4n) is 5.18. The summed E-state index contributed by atoms with van der Waals surface area (Å²) in [4.78, 5) is 31.5. The molecule has 3 aliphatic heterocycles. The van der Waals surface area contributed by atoms with Gasteiger partial charge in [0, 0.05) is 57.9 Å². The fourth-order valence-corrected chi connectivity index (χ4v) is 6.65. The Bertz CT molecular complexity index is 1200. The molecule has 9 heteroatoms. The predicted molar refractivity (Wildman–Crippen MR) is 132 cm³/mol. The quantitative estimate of drug-likeness (QED) is 0.655. The lowest BCUT2D eigenvalue weighted by molar-refractivity contribution is 0.0632. The van der Waals surface area contributed by atoms with Crippen LogP contribution in [-0.2, 0) is 23.0 Å². The van der Waals surface area contributed by atoms with Gasteiger partial charge in [-0.15, -0.1) is 0 Å². The number of carbonyl (C=O) groups excluding carboxylic acids is 2. The zero-order valence-corrected chi connectivity index (χ0v) is 20.8. The smallest absolute Gasteiger partial charge is 0.320 e. The average molecular weight is 497 g/mol. The van der Waals surface area contributed by atoms with Gasteiger partial charge >= 0.3 is 6.03 Å². The molecule has 0 atom stereocenters. The van der Waals surface area contributed by atoms with Gasteiger partial charge in [0.25, 0.3) is 5.91 Å². The number of rotatable bonds is 3. The number of fused-ring (bicyclic) bond motifs is 1. The van der Waals surface area contributed by atoms with Crippen molar-refractivity contribution in [1.29, 1.82) is 0 Å². The lowest BCUT2D eigenvalue weighted by Crippen LogP contribution is -2.54. The summed E-state index contributed by atoms with van der Waals surface area (Å²) in [6.07, 6.45) is 3.95. The maximum atomic E-state index is 13.4. The van der Waals surface area contributed by atoms with E-state index in [-0.39, 0.29) is 16.8 Å². The molecule has 35 heavy (non-hydrogen) atoms. The number of carbonyl (C=O) groups is 2. The largest absolute Gasteiger partial charge is 0.335 e. The summed E-state index contributed by atoms with van der Waals surface area (Å²) < 4.78 is 28.2. The van der Waals surface area contributed by atoms with E-state index in [1.807, 2.05) is 34.1 Å². The van der Waals surface area contributed by atoms with Gasteiger partial charge in [-0.1, -0.05) is 30.3 Å². The van der Waals surface area contributed by atoms with Crippen molar-refractivity contribution < 1.29 is 18.0 Å². The van der Waals surface area contributed by atoms with Crippen LogP contribution < -0.4 is 0 Å². The minimum Gasteiger partial charge on any atom is -0.335 e. The number of piperazine rings is 1. The number of nitrogens with zero attached hydrogens (tertiary/aromatic N) is 4. The number of piperidine rings is 1. The second kappa shape index (κ2) is 9.99. The van der Waals surface area contributed by atoms with Gasteiger partial charge in [0.15, 0.2) is 0 Å². The highest BCUT2D eigenvalue weighted by Gasteiger charge is 2.31. The second-order valence-corrected chi connectivity index (χ2v) is 11.4. The van der Waals surface area contributed by atoms with Gasteiger partial charge in [0.2, 0.25) is 10.0 Å². The highest BCUT2D eigenvalue weighted by molar-refractivity contribution is 7.89. The van der Waals surface area contributed by atoms with Crippen LogP contribution in [0.25, 0.3) is 0 Å². The molecule has 0 bridgehead atoms. The summed E-state index contributed by atoms with van der Waals surface area (Å²) in [5.41, 5.74) is 2.56. The number of hydrogen-bond donors (Lipinski definition) is 0. The Labute approximate surface area is 207 Å². The minimum absolute atomic E-state index is 0.0630. The molecule has 0 N–H and O–H groups in total. The maximum Gasteiger partial charge on any atom is 0.320 e. The normalized spacial score (nSPS) is 19.4. The van der Waals surface area contributed by atoms with Gasteiger partial charge in [-0.05, 0) is 55.0 Å². The van der Waals surface area contributed by atoms with Gasteiger partial charge in [-0.25, -0.2) is 13.2 Å². The second-order valence-electron chi connectivity index (χ2n) is 9.49. The molecule has 2 saturated heterocycles. The van der Waals surface area contributed by atoms with E-state index in [0.29, 0.717) is 51.3 Å². The van der Waals surface area contributed by atoms with Crippen molar-refractivity contribution in [2.75, 3.05) is 45.8 Å². The van der Waals surface area contributed by atoms with Crippen LogP contribution >= 0.6 is 0 Å². The van der Waals surface area contributed by atoms with Crippen LogP contribution in [0.2, 0.25) is 0 Å². The van der Waals surface area contributed by atoms with Gasteiger partial charge in [0.1, 0.15) is 0 Å². The van der Waals surface area contributed by atoms with Crippen LogP contribution in [0.15, 0.2) is 53.4 Å². The van der Waals surface area contributed by atoms with E-state index in [1.165, 1.54) is 22.4 Å². The van der Waals surface area contributed by atoms with Crippen LogP contribution in [-0.4, -0.2) is 85.2 Å². The molecule has 0 saturated carbocycles. The zero-order chi connectivity index (χ0) is 24.4. The molecular formula is C26H32N4O4S. The highest BCUT2D eigenvalue weighted by Crippen LogP contribution is 2.26.